The highest BCUT2D eigenvalue weighted by atomic mass is 14.8. The Bertz CT molecular complexity index is 6290. The first-order valence-electron chi connectivity index (χ1n) is 39.6. The number of nitrogens with zero attached hydrogens (tertiary/aromatic N) is 12. The third kappa shape index (κ3) is 16.0. The summed E-state index contributed by atoms with van der Waals surface area (Å²) < 4.78 is 0. The molecule has 12 heteroatoms. The largest absolute Gasteiger partial charge is 0.264 e. The van der Waals surface area contributed by atoms with E-state index in [-0.39, 0.29) is 0 Å². The second-order valence-electron chi connectivity index (χ2n) is 28.8. The summed E-state index contributed by atoms with van der Waals surface area (Å²) in [5.74, 6) is 0. The molecule has 0 saturated heterocycles. The molecule has 12 heterocycles. The number of pyridine rings is 12. The van der Waals surface area contributed by atoms with Gasteiger partial charge in [0, 0.05) is 124 Å². The predicted molar refractivity (Wildman–Crippen MR) is 484 cm³/mol. The van der Waals surface area contributed by atoms with E-state index >= 15 is 0 Å². The molecule has 564 valence electrons. The van der Waals surface area contributed by atoms with Crippen LogP contribution in [0.25, 0.3) is 202 Å². The molecule has 8 aromatic carbocycles. The highest BCUT2D eigenvalue weighted by molar-refractivity contribution is 5.97. The fourth-order valence-electron chi connectivity index (χ4n) is 15.5. The van der Waals surface area contributed by atoms with Crippen LogP contribution < -0.4 is 0 Å². The summed E-state index contributed by atoms with van der Waals surface area (Å²) >= 11 is 0. The quantitative estimate of drug-likeness (QED) is 0.0803. The van der Waals surface area contributed by atoms with Gasteiger partial charge in [0.25, 0.3) is 0 Å². The molecule has 20 rings (SSSR count). The lowest BCUT2D eigenvalue weighted by atomic mass is 9.86. The molecule has 0 atom stereocenters. The van der Waals surface area contributed by atoms with E-state index in [1.165, 1.54) is 0 Å². The van der Waals surface area contributed by atoms with Gasteiger partial charge < -0.3 is 0 Å². The zero-order chi connectivity index (χ0) is 80.2. The summed E-state index contributed by atoms with van der Waals surface area (Å²) in [5, 5.41) is 0. The van der Waals surface area contributed by atoms with Crippen molar-refractivity contribution in [2.24, 2.45) is 0 Å². The van der Waals surface area contributed by atoms with E-state index in [1.54, 1.807) is 37.2 Å². The molecule has 120 heavy (non-hydrogen) atoms. The molecule has 12 nitrogen and oxygen atoms in total. The van der Waals surface area contributed by atoms with Gasteiger partial charge >= 0.3 is 0 Å². The van der Waals surface area contributed by atoms with Gasteiger partial charge in [0.1, 0.15) is 0 Å². The summed E-state index contributed by atoms with van der Waals surface area (Å²) in [4.78, 5) is 56.6. The first-order chi connectivity index (χ1) is 59.5. The Balaban J connectivity index is 0.000000159. The van der Waals surface area contributed by atoms with E-state index in [4.69, 9.17) is 29.9 Å². The minimum absolute atomic E-state index is 0.833. The monoisotopic (exact) mass is 1540 g/mol. The molecule has 0 aliphatic carbocycles. The van der Waals surface area contributed by atoms with Crippen LogP contribution in [0, 0.1) is 0 Å². The van der Waals surface area contributed by atoms with Gasteiger partial charge in [-0.25, -0.2) is 15.0 Å². The summed E-state index contributed by atoms with van der Waals surface area (Å²) in [7, 11) is 0. The molecule has 0 saturated carbocycles. The Morgan fingerprint density at radius 3 is 0.558 bits per heavy atom. The van der Waals surface area contributed by atoms with Crippen LogP contribution in [-0.4, -0.2) is 59.8 Å². The van der Waals surface area contributed by atoms with Gasteiger partial charge in [-0.1, -0.05) is 200 Å². The van der Waals surface area contributed by atoms with E-state index in [0.717, 1.165) is 202 Å². The maximum atomic E-state index is 5.17. The van der Waals surface area contributed by atoms with Gasteiger partial charge in [0.05, 0.1) is 68.3 Å². The van der Waals surface area contributed by atoms with Crippen LogP contribution in [0.3, 0.4) is 0 Å². The zero-order valence-electron chi connectivity index (χ0n) is 64.9. The number of hydrogen-bond donors (Lipinski definition) is 0. The number of benzene rings is 8. The third-order valence-electron chi connectivity index (χ3n) is 21.2. The van der Waals surface area contributed by atoms with E-state index in [0.29, 0.717) is 0 Å². The summed E-state index contributed by atoms with van der Waals surface area (Å²) in [5.41, 5.74) is 35.6. The minimum Gasteiger partial charge on any atom is -0.264 e. The Morgan fingerprint density at radius 2 is 0.333 bits per heavy atom. The van der Waals surface area contributed by atoms with Crippen LogP contribution in [0.15, 0.2) is 438 Å². The Kier molecular flexibility index (Phi) is 21.1. The van der Waals surface area contributed by atoms with Crippen molar-refractivity contribution in [2.45, 2.75) is 0 Å². The summed E-state index contributed by atoms with van der Waals surface area (Å²) in [6.45, 7) is 0. The second-order valence-corrected chi connectivity index (χ2v) is 28.8. The van der Waals surface area contributed by atoms with Crippen molar-refractivity contribution in [1.82, 2.24) is 59.8 Å². The van der Waals surface area contributed by atoms with Gasteiger partial charge in [-0.05, 0) is 247 Å². The summed E-state index contributed by atoms with van der Waals surface area (Å²) in [6, 6.07) is 126. The highest BCUT2D eigenvalue weighted by Gasteiger charge is 2.22. The average Bonchev–Trinajstić information content (AvgIpc) is 0.769. The predicted octanol–water partition coefficient (Wildman–Crippen LogP) is 26.1. The van der Waals surface area contributed by atoms with Gasteiger partial charge in [-0.15, -0.1) is 0 Å². The van der Waals surface area contributed by atoms with E-state index in [9.17, 15) is 0 Å². The molecule has 0 bridgehead atoms. The van der Waals surface area contributed by atoms with E-state index in [2.05, 4.69) is 266 Å². The van der Waals surface area contributed by atoms with Crippen molar-refractivity contribution in [3.8, 4) is 202 Å². The average molecular weight is 1540 g/mol. The van der Waals surface area contributed by atoms with Crippen LogP contribution in [0.1, 0.15) is 0 Å². The molecule has 12 aromatic heterocycles. The normalized spacial score (nSPS) is 11.0. The zero-order valence-corrected chi connectivity index (χ0v) is 64.9. The van der Waals surface area contributed by atoms with Crippen molar-refractivity contribution in [3.63, 3.8) is 0 Å². The fraction of sp³-hybridized carbons (Fsp3) is 0. The maximum absolute atomic E-state index is 5.17. The Hall–Kier alpha value is -16.4. The first kappa shape index (κ1) is 73.7. The minimum atomic E-state index is 0.833. The topological polar surface area (TPSA) is 155 Å². The van der Waals surface area contributed by atoms with Crippen molar-refractivity contribution in [1.29, 1.82) is 0 Å². The third-order valence-corrected chi connectivity index (χ3v) is 21.2. The Morgan fingerprint density at radius 1 is 0.117 bits per heavy atom. The van der Waals surface area contributed by atoms with E-state index in [1.807, 2.05) is 165 Å². The Labute approximate surface area is 695 Å². The highest BCUT2D eigenvalue weighted by Crippen LogP contribution is 2.46. The van der Waals surface area contributed by atoms with E-state index < -0.39 is 0 Å². The molecule has 0 unspecified atom stereocenters. The lowest BCUT2D eigenvalue weighted by molar-refractivity contribution is 1.25. The lowest BCUT2D eigenvalue weighted by Crippen LogP contribution is -1.95. The molecule has 0 fully saturated rings. The van der Waals surface area contributed by atoms with Gasteiger partial charge in [-0.3, -0.25) is 44.9 Å². The molecule has 0 radical (unpaired) electrons. The molecule has 0 amide bonds. The molecule has 0 N–H and O–H groups in total. The fourth-order valence-corrected chi connectivity index (χ4v) is 15.5. The van der Waals surface area contributed by atoms with Crippen molar-refractivity contribution < 1.29 is 0 Å². The second kappa shape index (κ2) is 34.3. The SMILES string of the molecule is c1ccc(-c2ccc(-c3ccccc3-c3cc(-c4ccccc4-c4ccc(-c5ccccn5)nc4)cc(-c4ccccc4-c4ccc(-c5ccccn5)nc4)c3)cn2)nc1.c1cncc(-c2cccc(-c3ccccc3-c3cc(-c4ccccc4-c4cccc(-c5cccnc5)n4)cc(-c4ccccc4-c4cccc(-c5cccnc5)n4)c3)n2)c1. The standard InChI is InChI=1S/2C54H36N6/c1-4-19-46(52-25-7-22-49(58-52)37-13-10-28-55-34-37)43(16-1)40-31-41(44-17-2-5-20-47(44)53-26-8-23-50(59-53)38-14-11-29-56-35-38)33-42(32-40)45-18-3-6-21-48(45)54-27-9-24-51(60-54)39-15-12-30-57-36-39;1-4-16-46(43(13-1)37-22-25-52(58-34-37)49-19-7-10-28-55-49)40-31-41(47-17-5-2-14-44(47)38-23-26-53(59-35-38)50-20-8-11-29-56-50)33-42(32-40)48-18-6-3-15-45(48)39-24-27-54(60-36-39)51-21-9-12-30-57-51/h2*1-36H. The molecular weight excluding hydrogens is 1470 g/mol. The number of hydrogen-bond acceptors (Lipinski definition) is 12. The molecular formula is C108H72N12. The van der Waals surface area contributed by atoms with Crippen molar-refractivity contribution >= 4 is 0 Å². The van der Waals surface area contributed by atoms with Crippen molar-refractivity contribution in [2.75, 3.05) is 0 Å². The summed E-state index contributed by atoms with van der Waals surface area (Å²) in [6.07, 6.45) is 22.1. The van der Waals surface area contributed by atoms with Crippen LogP contribution in [0.2, 0.25) is 0 Å². The van der Waals surface area contributed by atoms with Gasteiger partial charge in [0.2, 0.25) is 0 Å². The maximum Gasteiger partial charge on any atom is 0.0886 e. The lowest BCUT2D eigenvalue weighted by Gasteiger charge is -2.18. The van der Waals surface area contributed by atoms with Crippen LogP contribution in [0.5, 0.6) is 0 Å². The van der Waals surface area contributed by atoms with Gasteiger partial charge in [-0.2, -0.15) is 0 Å². The van der Waals surface area contributed by atoms with Crippen LogP contribution in [0.4, 0.5) is 0 Å². The van der Waals surface area contributed by atoms with Crippen LogP contribution in [-0.2, 0) is 0 Å². The molecule has 0 aliphatic heterocycles. The van der Waals surface area contributed by atoms with Gasteiger partial charge in [0.15, 0.2) is 0 Å². The molecule has 0 aliphatic rings. The number of aromatic nitrogens is 12. The smallest absolute Gasteiger partial charge is 0.0886 e. The number of rotatable bonds is 18. The molecule has 0 spiro atoms. The van der Waals surface area contributed by atoms with Crippen LogP contribution >= 0.6 is 0 Å². The first-order valence-corrected chi connectivity index (χ1v) is 39.6. The van der Waals surface area contributed by atoms with Crippen molar-refractivity contribution in [3.05, 3.63) is 438 Å². The molecule has 20 aromatic rings.